The number of aryl methyl sites for hydroxylation is 1. The fourth-order valence-corrected chi connectivity index (χ4v) is 5.27. The summed E-state index contributed by atoms with van der Waals surface area (Å²) in [4.78, 5) is 32.5. The molecule has 0 saturated carbocycles. The predicted molar refractivity (Wildman–Crippen MR) is 168 cm³/mol. The van der Waals surface area contributed by atoms with Gasteiger partial charge in [-0.25, -0.2) is 0 Å². The SMILES string of the molecule is CCC(C)CN(CC(=O)N1CCN(c2ccc(-c3ccc(-c4ccccc4)cc3)nn2)CC1)C(=O)c1ccccc1C. The molecule has 0 radical (unpaired) electrons. The molecule has 0 bridgehead atoms. The van der Waals surface area contributed by atoms with Crippen molar-refractivity contribution in [2.45, 2.75) is 27.2 Å². The number of hydrogen-bond donors (Lipinski definition) is 0. The zero-order valence-corrected chi connectivity index (χ0v) is 24.7. The zero-order valence-electron chi connectivity index (χ0n) is 24.7. The average molecular weight is 562 g/mol. The number of carbonyl (C=O) groups is 2. The highest BCUT2D eigenvalue weighted by Gasteiger charge is 2.27. The van der Waals surface area contributed by atoms with Gasteiger partial charge in [-0.3, -0.25) is 9.59 Å². The normalized spacial score (nSPS) is 14.0. The highest BCUT2D eigenvalue weighted by atomic mass is 16.2. The Balaban J connectivity index is 1.18. The molecule has 1 saturated heterocycles. The van der Waals surface area contributed by atoms with Crippen LogP contribution in [-0.2, 0) is 4.79 Å². The van der Waals surface area contributed by atoms with E-state index in [1.807, 2.05) is 66.4 Å². The molecule has 0 N–H and O–H groups in total. The largest absolute Gasteiger partial charge is 0.352 e. The van der Waals surface area contributed by atoms with Crippen LogP contribution < -0.4 is 4.90 Å². The summed E-state index contributed by atoms with van der Waals surface area (Å²) in [5.74, 6) is 1.02. The van der Waals surface area contributed by atoms with E-state index in [0.29, 0.717) is 44.2 Å². The molecule has 2 amide bonds. The van der Waals surface area contributed by atoms with E-state index in [2.05, 4.69) is 65.3 Å². The van der Waals surface area contributed by atoms with Crippen LogP contribution in [0.4, 0.5) is 5.82 Å². The minimum atomic E-state index is -0.0783. The van der Waals surface area contributed by atoms with Gasteiger partial charge in [0.25, 0.3) is 5.91 Å². The minimum absolute atomic E-state index is 0.0136. The molecule has 2 heterocycles. The summed E-state index contributed by atoms with van der Waals surface area (Å²) in [7, 11) is 0. The van der Waals surface area contributed by atoms with Crippen molar-refractivity contribution in [1.82, 2.24) is 20.0 Å². The van der Waals surface area contributed by atoms with E-state index in [9.17, 15) is 9.59 Å². The summed E-state index contributed by atoms with van der Waals surface area (Å²) in [6, 6.07) is 30.3. The summed E-state index contributed by atoms with van der Waals surface area (Å²) >= 11 is 0. The Morgan fingerprint density at radius 2 is 1.43 bits per heavy atom. The summed E-state index contributed by atoms with van der Waals surface area (Å²) in [6.07, 6.45) is 0.948. The summed E-state index contributed by atoms with van der Waals surface area (Å²) in [6.45, 7) is 9.32. The van der Waals surface area contributed by atoms with Crippen molar-refractivity contribution in [2.24, 2.45) is 5.92 Å². The second-order valence-corrected chi connectivity index (χ2v) is 11.1. The highest BCUT2D eigenvalue weighted by Crippen LogP contribution is 2.24. The topological polar surface area (TPSA) is 69.6 Å². The molecule has 0 spiro atoms. The number of amides is 2. The Bertz CT molecular complexity index is 1480. The molecule has 1 aromatic heterocycles. The molecule has 42 heavy (non-hydrogen) atoms. The van der Waals surface area contributed by atoms with Gasteiger partial charge in [-0.05, 0) is 47.7 Å². The molecule has 3 aromatic carbocycles. The van der Waals surface area contributed by atoms with Crippen molar-refractivity contribution in [1.29, 1.82) is 0 Å². The number of rotatable bonds is 9. The van der Waals surface area contributed by atoms with Crippen LogP contribution in [0.15, 0.2) is 91.0 Å². The van der Waals surface area contributed by atoms with E-state index in [0.717, 1.165) is 29.1 Å². The van der Waals surface area contributed by atoms with E-state index in [4.69, 9.17) is 0 Å². The van der Waals surface area contributed by atoms with Gasteiger partial charge >= 0.3 is 0 Å². The van der Waals surface area contributed by atoms with Gasteiger partial charge in [0.15, 0.2) is 5.82 Å². The third kappa shape index (κ3) is 6.85. The van der Waals surface area contributed by atoms with Crippen LogP contribution in [0.5, 0.6) is 0 Å². The third-order valence-electron chi connectivity index (χ3n) is 8.11. The fourth-order valence-electron chi connectivity index (χ4n) is 5.27. The van der Waals surface area contributed by atoms with Crippen molar-refractivity contribution in [3.63, 3.8) is 0 Å². The van der Waals surface area contributed by atoms with Crippen molar-refractivity contribution in [3.8, 4) is 22.4 Å². The summed E-state index contributed by atoms with van der Waals surface area (Å²) < 4.78 is 0. The molecule has 5 rings (SSSR count). The lowest BCUT2D eigenvalue weighted by molar-refractivity contribution is -0.132. The first-order valence-electron chi connectivity index (χ1n) is 14.8. The van der Waals surface area contributed by atoms with E-state index < -0.39 is 0 Å². The first kappa shape index (κ1) is 29.0. The van der Waals surface area contributed by atoms with Gasteiger partial charge < -0.3 is 14.7 Å². The van der Waals surface area contributed by atoms with Crippen molar-refractivity contribution in [2.75, 3.05) is 44.2 Å². The van der Waals surface area contributed by atoms with Crippen molar-refractivity contribution < 1.29 is 9.59 Å². The number of hydrogen-bond acceptors (Lipinski definition) is 5. The lowest BCUT2D eigenvalue weighted by atomic mass is 10.0. The van der Waals surface area contributed by atoms with Crippen LogP contribution in [0, 0.1) is 12.8 Å². The smallest absolute Gasteiger partial charge is 0.254 e. The number of aromatic nitrogens is 2. The Morgan fingerprint density at radius 1 is 0.786 bits per heavy atom. The molecule has 0 aliphatic carbocycles. The van der Waals surface area contributed by atoms with E-state index in [1.54, 1.807) is 4.90 Å². The quantitative estimate of drug-likeness (QED) is 0.252. The van der Waals surface area contributed by atoms with E-state index in [1.165, 1.54) is 11.1 Å². The molecule has 1 atom stereocenters. The molecule has 1 fully saturated rings. The van der Waals surface area contributed by atoms with E-state index in [-0.39, 0.29) is 18.4 Å². The van der Waals surface area contributed by atoms with Crippen LogP contribution in [0.1, 0.15) is 36.2 Å². The molecule has 7 nitrogen and oxygen atoms in total. The second kappa shape index (κ2) is 13.4. The number of anilines is 1. The van der Waals surface area contributed by atoms with Gasteiger partial charge in [-0.2, -0.15) is 0 Å². The maximum absolute atomic E-state index is 13.4. The molecule has 7 heteroatoms. The zero-order chi connectivity index (χ0) is 29.5. The fraction of sp³-hybridized carbons (Fsp3) is 0.314. The predicted octanol–water partition coefficient (Wildman–Crippen LogP) is 5.96. The molecule has 4 aromatic rings. The summed E-state index contributed by atoms with van der Waals surface area (Å²) in [5, 5.41) is 9.00. The van der Waals surface area contributed by atoms with Crippen molar-refractivity contribution >= 4 is 17.6 Å². The molecule has 1 unspecified atom stereocenters. The second-order valence-electron chi connectivity index (χ2n) is 11.1. The van der Waals surface area contributed by atoms with E-state index >= 15 is 0 Å². The van der Waals surface area contributed by atoms with Crippen LogP contribution in [0.25, 0.3) is 22.4 Å². The Labute approximate surface area is 248 Å². The summed E-state index contributed by atoms with van der Waals surface area (Å²) in [5.41, 5.74) is 5.78. The Morgan fingerprint density at radius 3 is 2.07 bits per heavy atom. The first-order valence-corrected chi connectivity index (χ1v) is 14.8. The Hall–Kier alpha value is -4.52. The lowest BCUT2D eigenvalue weighted by Gasteiger charge is -2.36. The van der Waals surface area contributed by atoms with Crippen LogP contribution in [0.3, 0.4) is 0 Å². The maximum atomic E-state index is 13.4. The standard InChI is InChI=1S/C35H39N5O2/c1-4-26(2)24-40(35(42)31-13-9-8-10-27(31)3)25-34(41)39-22-20-38(21-23-39)33-19-18-32(36-37-33)30-16-14-29(15-17-30)28-11-6-5-7-12-28/h5-19,26H,4,20-25H2,1-3H3. The van der Waals surface area contributed by atoms with Gasteiger partial charge in [0.2, 0.25) is 5.91 Å². The number of carbonyl (C=O) groups excluding carboxylic acids is 2. The molecule has 1 aliphatic heterocycles. The van der Waals surface area contributed by atoms with Crippen LogP contribution >= 0.6 is 0 Å². The minimum Gasteiger partial charge on any atom is -0.352 e. The van der Waals surface area contributed by atoms with Gasteiger partial charge in [0, 0.05) is 43.9 Å². The maximum Gasteiger partial charge on any atom is 0.254 e. The molecular formula is C35H39N5O2. The monoisotopic (exact) mass is 561 g/mol. The van der Waals surface area contributed by atoms with Gasteiger partial charge in [0.1, 0.15) is 6.54 Å². The van der Waals surface area contributed by atoms with Crippen LogP contribution in [-0.4, -0.2) is 71.1 Å². The number of piperazine rings is 1. The molecule has 1 aliphatic rings. The van der Waals surface area contributed by atoms with Gasteiger partial charge in [-0.1, -0.05) is 93.1 Å². The third-order valence-corrected chi connectivity index (χ3v) is 8.11. The molecular weight excluding hydrogens is 522 g/mol. The van der Waals surface area contributed by atoms with Gasteiger partial charge in [0.05, 0.1) is 5.69 Å². The van der Waals surface area contributed by atoms with Crippen LogP contribution in [0.2, 0.25) is 0 Å². The lowest BCUT2D eigenvalue weighted by Crippen LogP contribution is -2.52. The average Bonchev–Trinajstić information content (AvgIpc) is 3.05. The van der Waals surface area contributed by atoms with Gasteiger partial charge in [-0.15, -0.1) is 10.2 Å². The number of benzene rings is 3. The highest BCUT2D eigenvalue weighted by molar-refractivity contribution is 5.97. The molecule has 216 valence electrons. The number of nitrogens with zero attached hydrogens (tertiary/aromatic N) is 5. The first-order chi connectivity index (χ1) is 20.4. The Kier molecular flexibility index (Phi) is 9.27. The van der Waals surface area contributed by atoms with Crippen molar-refractivity contribution in [3.05, 3.63) is 102 Å².